The monoisotopic (exact) mass is 316 g/mol. The van der Waals surface area contributed by atoms with Crippen molar-refractivity contribution >= 4 is 22.4 Å². The molecular weight excluding hydrogens is 296 g/mol. The third-order valence-corrected chi connectivity index (χ3v) is 4.05. The summed E-state index contributed by atoms with van der Waals surface area (Å²) >= 11 is 0. The minimum absolute atomic E-state index is 0.113. The molecule has 24 heavy (non-hydrogen) atoms. The van der Waals surface area contributed by atoms with Gasteiger partial charge in [0.05, 0.1) is 12.1 Å². The van der Waals surface area contributed by atoms with E-state index in [1.165, 1.54) is 5.56 Å². The molecule has 3 rings (SSSR count). The fraction of sp³-hybridized carbons (Fsp3) is 0.143. The number of carbonyl (C=O) groups excluding carboxylic acids is 1. The van der Waals surface area contributed by atoms with Gasteiger partial charge >= 0.3 is 0 Å². The average molecular weight is 316 g/mol. The minimum atomic E-state index is -0.113. The molecule has 0 fully saturated rings. The topological polar surface area (TPSA) is 41.5 Å². The van der Waals surface area contributed by atoms with Gasteiger partial charge in [0, 0.05) is 0 Å². The van der Waals surface area contributed by atoms with Crippen LogP contribution in [-0.4, -0.2) is 11.6 Å². The average Bonchev–Trinajstić information content (AvgIpc) is 2.61. The SMILES string of the molecule is C/C(=N/NC(=O)Cc1cccc2ccccc12)c1ccc(C)cc1. The summed E-state index contributed by atoms with van der Waals surface area (Å²) in [6.07, 6.45) is 0.312. The van der Waals surface area contributed by atoms with Crippen LogP contribution in [-0.2, 0) is 11.2 Å². The van der Waals surface area contributed by atoms with E-state index < -0.39 is 0 Å². The van der Waals surface area contributed by atoms with E-state index in [1.54, 1.807) is 0 Å². The predicted octanol–water partition coefficient (Wildman–Crippen LogP) is 4.23. The maximum atomic E-state index is 12.2. The zero-order valence-corrected chi connectivity index (χ0v) is 13.9. The molecule has 3 nitrogen and oxygen atoms in total. The van der Waals surface area contributed by atoms with Gasteiger partial charge in [-0.05, 0) is 35.7 Å². The van der Waals surface area contributed by atoms with Crippen LogP contribution in [0.1, 0.15) is 23.6 Å². The number of rotatable bonds is 4. The van der Waals surface area contributed by atoms with E-state index in [1.807, 2.05) is 68.4 Å². The van der Waals surface area contributed by atoms with Crippen LogP contribution in [0.2, 0.25) is 0 Å². The van der Waals surface area contributed by atoms with E-state index in [-0.39, 0.29) is 5.91 Å². The molecule has 0 spiro atoms. The second-order valence-corrected chi connectivity index (χ2v) is 5.91. The van der Waals surface area contributed by atoms with E-state index in [0.29, 0.717) is 6.42 Å². The van der Waals surface area contributed by atoms with Crippen LogP contribution >= 0.6 is 0 Å². The van der Waals surface area contributed by atoms with Crippen molar-refractivity contribution < 1.29 is 4.79 Å². The Bertz CT molecular complexity index is 890. The van der Waals surface area contributed by atoms with E-state index in [2.05, 4.69) is 22.7 Å². The van der Waals surface area contributed by atoms with Gasteiger partial charge in [0.25, 0.3) is 0 Å². The Labute approximate surface area is 142 Å². The van der Waals surface area contributed by atoms with Crippen LogP contribution in [0.3, 0.4) is 0 Å². The number of benzene rings is 3. The molecule has 3 aromatic carbocycles. The number of nitrogens with one attached hydrogen (secondary N) is 1. The number of carbonyl (C=O) groups is 1. The Hall–Kier alpha value is -2.94. The van der Waals surface area contributed by atoms with Gasteiger partial charge in [0.1, 0.15) is 0 Å². The van der Waals surface area contributed by atoms with Crippen molar-refractivity contribution in [3.63, 3.8) is 0 Å². The fourth-order valence-electron chi connectivity index (χ4n) is 2.66. The molecule has 0 saturated heterocycles. The van der Waals surface area contributed by atoms with Gasteiger partial charge in [-0.25, -0.2) is 5.43 Å². The van der Waals surface area contributed by atoms with Crippen LogP contribution in [0.15, 0.2) is 71.8 Å². The number of hydrogen-bond donors (Lipinski definition) is 1. The van der Waals surface area contributed by atoms with E-state index in [9.17, 15) is 4.79 Å². The molecular formula is C21H20N2O. The van der Waals surface area contributed by atoms with Crippen LogP contribution in [0.25, 0.3) is 10.8 Å². The van der Waals surface area contributed by atoms with E-state index in [0.717, 1.165) is 27.6 Å². The number of nitrogens with zero attached hydrogens (tertiary/aromatic N) is 1. The zero-order chi connectivity index (χ0) is 16.9. The van der Waals surface area contributed by atoms with Crippen molar-refractivity contribution in [1.82, 2.24) is 5.43 Å². The highest BCUT2D eigenvalue weighted by Gasteiger charge is 2.06. The lowest BCUT2D eigenvalue weighted by atomic mass is 10.0. The first-order valence-electron chi connectivity index (χ1n) is 8.00. The first-order chi connectivity index (χ1) is 11.6. The molecule has 0 radical (unpaired) electrons. The van der Waals surface area contributed by atoms with Crippen molar-refractivity contribution in [2.75, 3.05) is 0 Å². The lowest BCUT2D eigenvalue weighted by Gasteiger charge is -2.06. The number of hydrogen-bond acceptors (Lipinski definition) is 2. The van der Waals surface area contributed by atoms with Crippen molar-refractivity contribution in [3.8, 4) is 0 Å². The Balaban J connectivity index is 1.71. The minimum Gasteiger partial charge on any atom is -0.273 e. The summed E-state index contributed by atoms with van der Waals surface area (Å²) in [7, 11) is 0. The van der Waals surface area contributed by atoms with Crippen LogP contribution < -0.4 is 5.43 Å². The summed E-state index contributed by atoms with van der Waals surface area (Å²) in [5.74, 6) is -0.113. The molecule has 3 aromatic rings. The largest absolute Gasteiger partial charge is 0.273 e. The third-order valence-electron chi connectivity index (χ3n) is 4.05. The maximum Gasteiger partial charge on any atom is 0.244 e. The first-order valence-corrected chi connectivity index (χ1v) is 8.00. The van der Waals surface area contributed by atoms with Gasteiger partial charge in [-0.15, -0.1) is 0 Å². The highest BCUT2D eigenvalue weighted by Crippen LogP contribution is 2.18. The summed E-state index contributed by atoms with van der Waals surface area (Å²) in [5.41, 5.74) is 6.66. The van der Waals surface area contributed by atoms with Gasteiger partial charge < -0.3 is 0 Å². The molecule has 0 heterocycles. The predicted molar refractivity (Wildman–Crippen MR) is 99.2 cm³/mol. The van der Waals surface area contributed by atoms with E-state index in [4.69, 9.17) is 0 Å². The molecule has 0 saturated carbocycles. The lowest BCUT2D eigenvalue weighted by molar-refractivity contribution is -0.120. The Morgan fingerprint density at radius 3 is 2.46 bits per heavy atom. The molecule has 0 unspecified atom stereocenters. The summed E-state index contributed by atoms with van der Waals surface area (Å²) in [6.45, 7) is 3.94. The summed E-state index contributed by atoms with van der Waals surface area (Å²) in [4.78, 5) is 12.2. The van der Waals surface area contributed by atoms with Crippen molar-refractivity contribution in [3.05, 3.63) is 83.4 Å². The molecule has 0 aliphatic heterocycles. The third kappa shape index (κ3) is 3.69. The standard InChI is InChI=1S/C21H20N2O/c1-15-10-12-17(13-11-15)16(2)22-23-21(24)14-19-8-5-7-18-6-3-4-9-20(18)19/h3-13H,14H2,1-2H3,(H,23,24)/b22-16-. The molecule has 0 aliphatic carbocycles. The number of fused-ring (bicyclic) bond motifs is 1. The summed E-state index contributed by atoms with van der Waals surface area (Å²) < 4.78 is 0. The van der Waals surface area contributed by atoms with Crippen LogP contribution in [0.5, 0.6) is 0 Å². The lowest BCUT2D eigenvalue weighted by Crippen LogP contribution is -2.21. The summed E-state index contributed by atoms with van der Waals surface area (Å²) in [6, 6.07) is 22.2. The molecule has 1 amide bonds. The maximum absolute atomic E-state index is 12.2. The number of hydrazone groups is 1. The van der Waals surface area contributed by atoms with Gasteiger partial charge in [-0.1, -0.05) is 72.3 Å². The molecule has 0 aromatic heterocycles. The molecule has 0 bridgehead atoms. The molecule has 0 aliphatic rings. The second-order valence-electron chi connectivity index (χ2n) is 5.91. The number of amides is 1. The Morgan fingerprint density at radius 2 is 1.67 bits per heavy atom. The summed E-state index contributed by atoms with van der Waals surface area (Å²) in [5, 5.41) is 6.46. The van der Waals surface area contributed by atoms with Crippen molar-refractivity contribution in [2.45, 2.75) is 20.3 Å². The van der Waals surface area contributed by atoms with Crippen LogP contribution in [0, 0.1) is 6.92 Å². The highest BCUT2D eigenvalue weighted by atomic mass is 16.2. The van der Waals surface area contributed by atoms with Gasteiger partial charge in [0.2, 0.25) is 5.91 Å². The zero-order valence-electron chi connectivity index (χ0n) is 13.9. The van der Waals surface area contributed by atoms with Crippen molar-refractivity contribution in [1.29, 1.82) is 0 Å². The van der Waals surface area contributed by atoms with Gasteiger partial charge in [0.15, 0.2) is 0 Å². The quantitative estimate of drug-likeness (QED) is 0.568. The number of aryl methyl sites for hydroxylation is 1. The molecule has 0 atom stereocenters. The fourth-order valence-corrected chi connectivity index (χ4v) is 2.66. The van der Waals surface area contributed by atoms with Crippen LogP contribution in [0.4, 0.5) is 0 Å². The van der Waals surface area contributed by atoms with Gasteiger partial charge in [-0.2, -0.15) is 5.10 Å². The second kappa shape index (κ2) is 7.09. The molecule has 1 N–H and O–H groups in total. The Kier molecular flexibility index (Phi) is 4.71. The highest BCUT2D eigenvalue weighted by molar-refractivity contribution is 5.99. The van der Waals surface area contributed by atoms with Crippen molar-refractivity contribution in [2.24, 2.45) is 5.10 Å². The van der Waals surface area contributed by atoms with E-state index >= 15 is 0 Å². The smallest absolute Gasteiger partial charge is 0.244 e. The first kappa shape index (κ1) is 15.9. The normalized spacial score (nSPS) is 11.5. The van der Waals surface area contributed by atoms with Gasteiger partial charge in [-0.3, -0.25) is 4.79 Å². The molecule has 3 heteroatoms. The Morgan fingerprint density at radius 1 is 0.958 bits per heavy atom. The molecule has 120 valence electrons.